The van der Waals surface area contributed by atoms with Gasteiger partial charge in [-0.25, -0.2) is 0 Å². The number of amides is 1. The summed E-state index contributed by atoms with van der Waals surface area (Å²) in [7, 11) is 0. The molecule has 0 radical (unpaired) electrons. The lowest BCUT2D eigenvalue weighted by molar-refractivity contribution is -0.117. The molecule has 0 aliphatic heterocycles. The van der Waals surface area contributed by atoms with Crippen molar-refractivity contribution < 1.29 is 4.79 Å². The van der Waals surface area contributed by atoms with E-state index >= 15 is 0 Å². The van der Waals surface area contributed by atoms with Crippen LogP contribution < -0.4 is 5.32 Å². The highest BCUT2D eigenvalue weighted by molar-refractivity contribution is 5.93. The van der Waals surface area contributed by atoms with Gasteiger partial charge in [0, 0.05) is 11.6 Å². The first-order valence-corrected chi connectivity index (χ1v) is 4.22. The van der Waals surface area contributed by atoms with Crippen LogP contribution in [0.3, 0.4) is 0 Å². The van der Waals surface area contributed by atoms with Crippen LogP contribution in [0.15, 0.2) is 30.3 Å². The fourth-order valence-electron chi connectivity index (χ4n) is 1.11. The summed E-state index contributed by atoms with van der Waals surface area (Å²) in [5.41, 5.74) is 0.898. The first-order chi connectivity index (χ1) is 5.86. The first kappa shape index (κ1) is 7.35. The summed E-state index contributed by atoms with van der Waals surface area (Å²) in [4.78, 5) is 11.3. The van der Waals surface area contributed by atoms with Gasteiger partial charge in [0.2, 0.25) is 5.91 Å². The Balaban J connectivity index is 1.98. The summed E-state index contributed by atoms with van der Waals surface area (Å²) >= 11 is 0. The Kier molecular flexibility index (Phi) is 1.82. The van der Waals surface area contributed by atoms with Gasteiger partial charge < -0.3 is 5.32 Å². The maximum Gasteiger partial charge on any atom is 0.227 e. The number of anilines is 1. The molecule has 0 saturated heterocycles. The van der Waals surface area contributed by atoms with Crippen LogP contribution in [-0.2, 0) is 4.79 Å². The lowest BCUT2D eigenvalue weighted by atomic mass is 10.3. The van der Waals surface area contributed by atoms with E-state index in [0.29, 0.717) is 0 Å². The van der Waals surface area contributed by atoms with E-state index in [1.165, 1.54) is 0 Å². The molecule has 12 heavy (non-hydrogen) atoms. The van der Waals surface area contributed by atoms with Gasteiger partial charge in [-0.3, -0.25) is 4.79 Å². The molecule has 1 amide bonds. The van der Waals surface area contributed by atoms with Crippen LogP contribution in [0.1, 0.15) is 12.8 Å². The maximum atomic E-state index is 11.3. The fourth-order valence-corrected chi connectivity index (χ4v) is 1.11. The van der Waals surface area contributed by atoms with Gasteiger partial charge in [0.05, 0.1) is 0 Å². The number of hydrogen-bond acceptors (Lipinski definition) is 1. The number of rotatable bonds is 2. The van der Waals surface area contributed by atoms with Gasteiger partial charge in [-0.05, 0) is 25.0 Å². The van der Waals surface area contributed by atoms with Crippen molar-refractivity contribution in [3.05, 3.63) is 30.3 Å². The largest absolute Gasteiger partial charge is 0.326 e. The summed E-state index contributed by atoms with van der Waals surface area (Å²) in [5.74, 6) is 0.450. The zero-order valence-electron chi connectivity index (χ0n) is 6.79. The quantitative estimate of drug-likeness (QED) is 0.706. The molecule has 0 aromatic heterocycles. The zero-order valence-corrected chi connectivity index (χ0v) is 6.79. The van der Waals surface area contributed by atoms with Crippen LogP contribution in [0.4, 0.5) is 5.69 Å². The summed E-state index contributed by atoms with van der Waals surface area (Å²) in [6, 6.07) is 9.58. The van der Waals surface area contributed by atoms with Gasteiger partial charge in [0.1, 0.15) is 0 Å². The predicted molar refractivity (Wildman–Crippen MR) is 47.8 cm³/mol. The summed E-state index contributed by atoms with van der Waals surface area (Å²) in [6.45, 7) is 0. The SMILES string of the molecule is O=C(Nc1ccccc1)C1CC1. The van der Waals surface area contributed by atoms with Gasteiger partial charge in [0.15, 0.2) is 0 Å². The highest BCUT2D eigenvalue weighted by Crippen LogP contribution is 2.29. The molecule has 1 aromatic rings. The van der Waals surface area contributed by atoms with E-state index in [2.05, 4.69) is 5.32 Å². The Morgan fingerprint density at radius 1 is 1.25 bits per heavy atom. The van der Waals surface area contributed by atoms with Crippen molar-refractivity contribution in [2.75, 3.05) is 5.32 Å². The van der Waals surface area contributed by atoms with Crippen molar-refractivity contribution in [2.24, 2.45) is 5.92 Å². The second-order valence-electron chi connectivity index (χ2n) is 3.13. The summed E-state index contributed by atoms with van der Waals surface area (Å²) in [6.07, 6.45) is 2.11. The van der Waals surface area contributed by atoms with Crippen LogP contribution in [0.5, 0.6) is 0 Å². The minimum absolute atomic E-state index is 0.168. The highest BCUT2D eigenvalue weighted by Gasteiger charge is 2.29. The second-order valence-corrected chi connectivity index (χ2v) is 3.13. The van der Waals surface area contributed by atoms with Crippen molar-refractivity contribution in [1.29, 1.82) is 0 Å². The fraction of sp³-hybridized carbons (Fsp3) is 0.300. The second kappa shape index (κ2) is 2.97. The Morgan fingerprint density at radius 2 is 1.92 bits per heavy atom. The van der Waals surface area contributed by atoms with E-state index in [0.717, 1.165) is 18.5 Å². The molecule has 0 spiro atoms. The molecule has 1 saturated carbocycles. The zero-order chi connectivity index (χ0) is 8.39. The molecular formula is C10H11NO. The number of hydrogen-bond donors (Lipinski definition) is 1. The third-order valence-corrected chi connectivity index (χ3v) is 1.99. The van der Waals surface area contributed by atoms with Crippen LogP contribution in [0, 0.1) is 5.92 Å². The molecule has 2 heteroatoms. The summed E-state index contributed by atoms with van der Waals surface area (Å²) in [5, 5.41) is 2.86. The van der Waals surface area contributed by atoms with Crippen LogP contribution >= 0.6 is 0 Å². The molecule has 1 fully saturated rings. The first-order valence-electron chi connectivity index (χ1n) is 4.22. The molecule has 1 N–H and O–H groups in total. The van der Waals surface area contributed by atoms with Crippen molar-refractivity contribution >= 4 is 11.6 Å². The van der Waals surface area contributed by atoms with Crippen LogP contribution in [0.2, 0.25) is 0 Å². The number of carbonyl (C=O) groups is 1. The van der Waals surface area contributed by atoms with Gasteiger partial charge in [-0.1, -0.05) is 18.2 Å². The van der Waals surface area contributed by atoms with E-state index in [1.54, 1.807) is 0 Å². The molecule has 62 valence electrons. The van der Waals surface area contributed by atoms with E-state index < -0.39 is 0 Å². The average molecular weight is 161 g/mol. The maximum absolute atomic E-state index is 11.3. The lowest BCUT2D eigenvalue weighted by Crippen LogP contribution is -2.12. The molecule has 0 atom stereocenters. The molecule has 0 unspecified atom stereocenters. The minimum Gasteiger partial charge on any atom is -0.326 e. The normalized spacial score (nSPS) is 15.7. The minimum atomic E-state index is 0.168. The molecule has 2 nitrogen and oxygen atoms in total. The van der Waals surface area contributed by atoms with Crippen LogP contribution in [-0.4, -0.2) is 5.91 Å². The van der Waals surface area contributed by atoms with Crippen molar-refractivity contribution in [3.63, 3.8) is 0 Å². The molecule has 2 rings (SSSR count). The standard InChI is InChI=1S/C10H11NO/c12-10(8-6-7-8)11-9-4-2-1-3-5-9/h1-5,8H,6-7H2,(H,11,12). The lowest BCUT2D eigenvalue weighted by Gasteiger charge is -2.01. The van der Waals surface area contributed by atoms with Crippen molar-refractivity contribution in [3.8, 4) is 0 Å². The topological polar surface area (TPSA) is 29.1 Å². The predicted octanol–water partition coefficient (Wildman–Crippen LogP) is 2.04. The van der Waals surface area contributed by atoms with Gasteiger partial charge in [-0.15, -0.1) is 0 Å². The Labute approximate surface area is 71.6 Å². The van der Waals surface area contributed by atoms with Gasteiger partial charge >= 0.3 is 0 Å². The molecule has 0 bridgehead atoms. The number of carbonyl (C=O) groups excluding carboxylic acids is 1. The monoisotopic (exact) mass is 161 g/mol. The van der Waals surface area contributed by atoms with Gasteiger partial charge in [0.25, 0.3) is 0 Å². The van der Waals surface area contributed by atoms with E-state index in [1.807, 2.05) is 30.3 Å². The Morgan fingerprint density at radius 3 is 2.50 bits per heavy atom. The molecule has 1 aromatic carbocycles. The molecule has 1 aliphatic rings. The number of para-hydroxylation sites is 1. The third-order valence-electron chi connectivity index (χ3n) is 1.99. The molecular weight excluding hydrogens is 150 g/mol. The third kappa shape index (κ3) is 1.64. The Bertz CT molecular complexity index is 277. The highest BCUT2D eigenvalue weighted by atomic mass is 16.2. The van der Waals surface area contributed by atoms with Crippen LogP contribution in [0.25, 0.3) is 0 Å². The Hall–Kier alpha value is -1.31. The smallest absolute Gasteiger partial charge is 0.227 e. The van der Waals surface area contributed by atoms with Crippen molar-refractivity contribution in [1.82, 2.24) is 0 Å². The van der Waals surface area contributed by atoms with Gasteiger partial charge in [-0.2, -0.15) is 0 Å². The average Bonchev–Trinajstić information content (AvgIpc) is 2.88. The number of benzene rings is 1. The molecule has 0 heterocycles. The van der Waals surface area contributed by atoms with E-state index in [4.69, 9.17) is 0 Å². The number of nitrogens with one attached hydrogen (secondary N) is 1. The molecule has 1 aliphatic carbocycles. The summed E-state index contributed by atoms with van der Waals surface area (Å²) < 4.78 is 0. The van der Waals surface area contributed by atoms with E-state index in [9.17, 15) is 4.79 Å². The van der Waals surface area contributed by atoms with E-state index in [-0.39, 0.29) is 11.8 Å². The van der Waals surface area contributed by atoms with Crippen molar-refractivity contribution in [2.45, 2.75) is 12.8 Å².